The van der Waals surface area contributed by atoms with Crippen molar-refractivity contribution in [2.24, 2.45) is 11.7 Å². The third-order valence-electron chi connectivity index (χ3n) is 1.81. The molecule has 4 nitrogen and oxygen atoms in total. The molecular weight excluding hydrogens is 132 g/mol. The van der Waals surface area contributed by atoms with Crippen molar-refractivity contribution in [1.82, 2.24) is 5.32 Å². The Morgan fingerprint density at radius 3 is 2.70 bits per heavy atom. The quantitative estimate of drug-likeness (QED) is 0.510. The number of carboxylic acid groups (broad SMARTS) is 1. The lowest BCUT2D eigenvalue weighted by molar-refractivity contribution is 0.184. The molecular formula is C6H12N2O2. The Kier molecular flexibility index (Phi) is 2.11. The van der Waals surface area contributed by atoms with E-state index in [2.05, 4.69) is 5.32 Å². The normalized spacial score (nSPS) is 30.9. The molecule has 1 saturated carbocycles. The van der Waals surface area contributed by atoms with Gasteiger partial charge >= 0.3 is 6.09 Å². The Morgan fingerprint density at radius 2 is 2.30 bits per heavy atom. The summed E-state index contributed by atoms with van der Waals surface area (Å²) < 4.78 is 0. The summed E-state index contributed by atoms with van der Waals surface area (Å²) in [6.07, 6.45) is 0.973. The molecule has 0 aliphatic heterocycles. The molecule has 0 aromatic carbocycles. The Labute approximate surface area is 59.4 Å². The molecule has 0 atom stereocenters. The molecule has 4 N–H and O–H groups in total. The van der Waals surface area contributed by atoms with Crippen LogP contribution < -0.4 is 11.1 Å². The van der Waals surface area contributed by atoms with Crippen LogP contribution in [0.1, 0.15) is 12.8 Å². The molecule has 0 aromatic rings. The van der Waals surface area contributed by atoms with Gasteiger partial charge in [0.2, 0.25) is 0 Å². The third kappa shape index (κ3) is 1.88. The van der Waals surface area contributed by atoms with Crippen LogP contribution in [0.3, 0.4) is 0 Å². The lowest BCUT2D eigenvalue weighted by Crippen LogP contribution is -2.42. The summed E-state index contributed by atoms with van der Waals surface area (Å²) in [5.41, 5.74) is 5.50. The second-order valence-corrected chi connectivity index (χ2v) is 2.78. The first-order valence-electron chi connectivity index (χ1n) is 3.41. The Balaban J connectivity index is 2.00. The molecule has 58 valence electrons. The maximum atomic E-state index is 9.98. The lowest BCUT2D eigenvalue weighted by Gasteiger charge is -2.31. The minimum absolute atomic E-state index is 0.306. The highest BCUT2D eigenvalue weighted by Crippen LogP contribution is 2.24. The van der Waals surface area contributed by atoms with Crippen LogP contribution in [0.15, 0.2) is 0 Å². The fourth-order valence-electron chi connectivity index (χ4n) is 1.19. The largest absolute Gasteiger partial charge is 0.465 e. The van der Waals surface area contributed by atoms with Gasteiger partial charge in [0.15, 0.2) is 0 Å². The molecule has 0 heterocycles. The summed E-state index contributed by atoms with van der Waals surface area (Å²) in [7, 11) is 0. The zero-order chi connectivity index (χ0) is 7.56. The van der Waals surface area contributed by atoms with Gasteiger partial charge in [-0.1, -0.05) is 0 Å². The van der Waals surface area contributed by atoms with Crippen LogP contribution in [0.4, 0.5) is 4.79 Å². The van der Waals surface area contributed by atoms with Crippen LogP contribution in [-0.2, 0) is 0 Å². The van der Waals surface area contributed by atoms with Gasteiger partial charge in [0.05, 0.1) is 0 Å². The fraction of sp³-hybridized carbons (Fsp3) is 0.833. The molecule has 0 unspecified atom stereocenters. The van der Waals surface area contributed by atoms with Crippen molar-refractivity contribution in [3.05, 3.63) is 0 Å². The summed E-state index contributed by atoms with van der Waals surface area (Å²) >= 11 is 0. The molecule has 0 radical (unpaired) electrons. The number of nitrogens with two attached hydrogens (primary N) is 1. The standard InChI is InChI=1S/C6H12N2O2/c7-5-1-4(2-5)3-8-6(9)10/h4-5,8H,1-3,7H2,(H,9,10)/t4-,5-. The third-order valence-corrected chi connectivity index (χ3v) is 1.81. The Hall–Kier alpha value is -0.770. The maximum absolute atomic E-state index is 9.98. The summed E-state index contributed by atoms with van der Waals surface area (Å²) in [5, 5.41) is 10.5. The number of nitrogens with one attached hydrogen (secondary N) is 1. The van der Waals surface area contributed by atoms with E-state index in [0.29, 0.717) is 18.5 Å². The topological polar surface area (TPSA) is 75.3 Å². The van der Waals surface area contributed by atoms with E-state index in [-0.39, 0.29) is 0 Å². The lowest BCUT2D eigenvalue weighted by atomic mass is 9.81. The second-order valence-electron chi connectivity index (χ2n) is 2.78. The number of amides is 1. The van der Waals surface area contributed by atoms with E-state index >= 15 is 0 Å². The predicted octanol–water partition coefficient (Wildman–Crippen LogP) is -0.00870. The van der Waals surface area contributed by atoms with E-state index in [1.165, 1.54) is 0 Å². The number of carbonyl (C=O) groups is 1. The van der Waals surface area contributed by atoms with Gasteiger partial charge in [-0.05, 0) is 18.8 Å². The number of hydrogen-bond acceptors (Lipinski definition) is 2. The highest BCUT2D eigenvalue weighted by Gasteiger charge is 2.25. The summed E-state index contributed by atoms with van der Waals surface area (Å²) in [4.78, 5) is 9.98. The zero-order valence-electron chi connectivity index (χ0n) is 5.71. The minimum atomic E-state index is -0.944. The van der Waals surface area contributed by atoms with Crippen molar-refractivity contribution in [2.45, 2.75) is 18.9 Å². The molecule has 0 aromatic heterocycles. The van der Waals surface area contributed by atoms with E-state index < -0.39 is 6.09 Å². The van der Waals surface area contributed by atoms with Gasteiger partial charge in [-0.2, -0.15) is 0 Å². The van der Waals surface area contributed by atoms with Gasteiger partial charge in [0.1, 0.15) is 0 Å². The average Bonchev–Trinajstić information content (AvgIpc) is 1.77. The van der Waals surface area contributed by atoms with Crippen molar-refractivity contribution in [2.75, 3.05) is 6.54 Å². The van der Waals surface area contributed by atoms with E-state index in [4.69, 9.17) is 10.8 Å². The van der Waals surface area contributed by atoms with E-state index in [1.54, 1.807) is 0 Å². The van der Waals surface area contributed by atoms with Crippen molar-refractivity contribution in [3.63, 3.8) is 0 Å². The highest BCUT2D eigenvalue weighted by atomic mass is 16.4. The van der Waals surface area contributed by atoms with E-state index in [0.717, 1.165) is 12.8 Å². The first kappa shape index (κ1) is 7.34. The van der Waals surface area contributed by atoms with Gasteiger partial charge in [-0.3, -0.25) is 0 Å². The predicted molar refractivity (Wildman–Crippen MR) is 36.7 cm³/mol. The smallest absolute Gasteiger partial charge is 0.404 e. The molecule has 1 aliphatic rings. The Morgan fingerprint density at radius 1 is 1.70 bits per heavy atom. The van der Waals surface area contributed by atoms with Crippen LogP contribution >= 0.6 is 0 Å². The second kappa shape index (κ2) is 2.88. The summed E-state index contributed by atoms with van der Waals surface area (Å²) in [6.45, 7) is 0.559. The zero-order valence-corrected chi connectivity index (χ0v) is 5.71. The van der Waals surface area contributed by atoms with Crippen LogP contribution in [0.2, 0.25) is 0 Å². The number of rotatable bonds is 2. The van der Waals surface area contributed by atoms with Crippen LogP contribution in [0, 0.1) is 5.92 Å². The molecule has 1 amide bonds. The summed E-state index contributed by atoms with van der Waals surface area (Å²) in [5.74, 6) is 0.478. The molecule has 4 heteroatoms. The first-order valence-corrected chi connectivity index (χ1v) is 3.41. The van der Waals surface area contributed by atoms with Gasteiger partial charge in [-0.15, -0.1) is 0 Å². The van der Waals surface area contributed by atoms with Crippen molar-refractivity contribution in [1.29, 1.82) is 0 Å². The van der Waals surface area contributed by atoms with Gasteiger partial charge in [0.25, 0.3) is 0 Å². The van der Waals surface area contributed by atoms with Crippen LogP contribution in [0.25, 0.3) is 0 Å². The molecule has 1 rings (SSSR count). The Bertz CT molecular complexity index is 132. The molecule has 0 spiro atoms. The SMILES string of the molecule is N[C@H]1C[C@H](CNC(=O)O)C1. The minimum Gasteiger partial charge on any atom is -0.465 e. The first-order chi connectivity index (χ1) is 4.68. The van der Waals surface area contributed by atoms with Gasteiger partial charge in [-0.25, -0.2) is 4.79 Å². The molecule has 10 heavy (non-hydrogen) atoms. The fourth-order valence-corrected chi connectivity index (χ4v) is 1.19. The monoisotopic (exact) mass is 144 g/mol. The van der Waals surface area contributed by atoms with Crippen LogP contribution in [-0.4, -0.2) is 23.8 Å². The molecule has 0 bridgehead atoms. The van der Waals surface area contributed by atoms with Crippen molar-refractivity contribution < 1.29 is 9.90 Å². The molecule has 1 aliphatic carbocycles. The van der Waals surface area contributed by atoms with E-state index in [9.17, 15) is 4.79 Å². The van der Waals surface area contributed by atoms with E-state index in [1.807, 2.05) is 0 Å². The average molecular weight is 144 g/mol. The van der Waals surface area contributed by atoms with Gasteiger partial charge < -0.3 is 16.2 Å². The highest BCUT2D eigenvalue weighted by molar-refractivity contribution is 5.64. The maximum Gasteiger partial charge on any atom is 0.404 e. The van der Waals surface area contributed by atoms with Crippen molar-refractivity contribution in [3.8, 4) is 0 Å². The van der Waals surface area contributed by atoms with Crippen molar-refractivity contribution >= 4 is 6.09 Å². The molecule has 1 fully saturated rings. The van der Waals surface area contributed by atoms with Gasteiger partial charge in [0, 0.05) is 12.6 Å². The summed E-state index contributed by atoms with van der Waals surface area (Å²) in [6, 6.07) is 0.306. The molecule has 0 saturated heterocycles. The number of hydrogen-bond donors (Lipinski definition) is 3. The van der Waals surface area contributed by atoms with Crippen LogP contribution in [0.5, 0.6) is 0 Å².